The molecule has 0 aliphatic carbocycles. The van der Waals surface area contributed by atoms with Crippen LogP contribution in [0.25, 0.3) is 11.6 Å². The van der Waals surface area contributed by atoms with E-state index in [1.165, 1.54) is 16.1 Å². The number of aryl methyl sites for hydroxylation is 1. The van der Waals surface area contributed by atoms with Gasteiger partial charge in [-0.15, -0.1) is 10.2 Å². The van der Waals surface area contributed by atoms with Crippen molar-refractivity contribution >= 4 is 33.4 Å². The highest BCUT2D eigenvalue weighted by atomic mass is 32.2. The number of furan rings is 1. The number of rotatable bonds is 9. The molecular weight excluding hydrogens is 522 g/mol. The second kappa shape index (κ2) is 11.5. The van der Waals surface area contributed by atoms with Gasteiger partial charge in [0, 0.05) is 18.8 Å². The van der Waals surface area contributed by atoms with Gasteiger partial charge in [-0.05, 0) is 55.2 Å². The summed E-state index contributed by atoms with van der Waals surface area (Å²) in [7, 11) is -3.60. The molecule has 2 aromatic carbocycles. The van der Waals surface area contributed by atoms with Crippen LogP contribution in [0.2, 0.25) is 0 Å². The van der Waals surface area contributed by atoms with Crippen molar-refractivity contribution in [2.24, 2.45) is 0 Å². The largest absolute Gasteiger partial charge is 0.461 e. The Labute approximate surface area is 226 Å². The van der Waals surface area contributed by atoms with Crippen molar-refractivity contribution in [3.63, 3.8) is 0 Å². The number of piperidine rings is 1. The molecule has 0 bridgehead atoms. The lowest BCUT2D eigenvalue weighted by Crippen LogP contribution is -2.35. The van der Waals surface area contributed by atoms with E-state index in [9.17, 15) is 13.2 Å². The van der Waals surface area contributed by atoms with E-state index in [4.69, 9.17) is 4.42 Å². The van der Waals surface area contributed by atoms with Crippen molar-refractivity contribution in [3.8, 4) is 11.6 Å². The molecule has 3 heterocycles. The topological polar surface area (TPSA) is 110 Å². The summed E-state index contributed by atoms with van der Waals surface area (Å²) in [5, 5.41) is 12.1. The minimum atomic E-state index is -3.60. The van der Waals surface area contributed by atoms with Crippen molar-refractivity contribution in [3.05, 3.63) is 78.1 Å². The number of nitrogens with zero attached hydrogens (tertiary/aromatic N) is 4. The maximum Gasteiger partial charge on any atom is 0.243 e. The van der Waals surface area contributed by atoms with Crippen LogP contribution in [0.1, 0.15) is 30.4 Å². The van der Waals surface area contributed by atoms with Gasteiger partial charge in [0.2, 0.25) is 21.8 Å². The van der Waals surface area contributed by atoms with Gasteiger partial charge in [0.25, 0.3) is 0 Å². The Balaban J connectivity index is 1.31. The summed E-state index contributed by atoms with van der Waals surface area (Å²) in [6.45, 7) is 3.41. The first kappa shape index (κ1) is 26.2. The molecule has 1 saturated heterocycles. The molecule has 0 spiro atoms. The normalized spacial score (nSPS) is 14.4. The summed E-state index contributed by atoms with van der Waals surface area (Å²) in [6.07, 6.45) is 4.35. The van der Waals surface area contributed by atoms with E-state index in [2.05, 4.69) is 15.5 Å². The number of carbonyl (C=O) groups is 1. The molecular formula is C27H29N5O4S2. The second-order valence-corrected chi connectivity index (χ2v) is 12.0. The van der Waals surface area contributed by atoms with Gasteiger partial charge in [-0.3, -0.25) is 9.36 Å². The number of benzene rings is 2. The van der Waals surface area contributed by atoms with Crippen molar-refractivity contribution < 1.29 is 17.6 Å². The molecule has 9 nitrogen and oxygen atoms in total. The quantitative estimate of drug-likeness (QED) is 0.298. The third kappa shape index (κ3) is 5.85. The summed E-state index contributed by atoms with van der Waals surface area (Å²) in [4.78, 5) is 13.1. The molecule has 1 aliphatic rings. The molecule has 11 heteroatoms. The van der Waals surface area contributed by atoms with Gasteiger partial charge < -0.3 is 9.73 Å². The third-order valence-corrected chi connectivity index (χ3v) is 9.27. The maximum absolute atomic E-state index is 13.1. The maximum atomic E-state index is 13.1. The monoisotopic (exact) mass is 551 g/mol. The lowest BCUT2D eigenvalue weighted by atomic mass is 10.2. The van der Waals surface area contributed by atoms with Gasteiger partial charge in [-0.1, -0.05) is 54.6 Å². The fraction of sp³-hybridized carbons (Fsp3) is 0.296. The Bertz CT molecular complexity index is 1500. The number of aromatic nitrogens is 3. The molecule has 0 saturated carbocycles. The Hall–Kier alpha value is -3.41. The van der Waals surface area contributed by atoms with Crippen LogP contribution in [0.15, 0.2) is 81.4 Å². The van der Waals surface area contributed by atoms with Crippen LogP contribution < -0.4 is 5.32 Å². The molecule has 1 amide bonds. The molecule has 1 N–H and O–H groups in total. The number of sulfonamides is 1. The summed E-state index contributed by atoms with van der Waals surface area (Å²) >= 11 is 1.26. The number of nitrogens with one attached hydrogen (secondary N) is 1. The first-order valence-corrected chi connectivity index (χ1v) is 14.9. The summed E-state index contributed by atoms with van der Waals surface area (Å²) in [5.41, 5.74) is 2.33. The zero-order chi connectivity index (χ0) is 26.5. The van der Waals surface area contributed by atoms with E-state index >= 15 is 0 Å². The van der Waals surface area contributed by atoms with Gasteiger partial charge >= 0.3 is 0 Å². The number of hydrogen-bond donors (Lipinski definition) is 1. The van der Waals surface area contributed by atoms with E-state index in [1.54, 1.807) is 30.5 Å². The Kier molecular flexibility index (Phi) is 7.96. The van der Waals surface area contributed by atoms with Crippen LogP contribution in [0.5, 0.6) is 0 Å². The van der Waals surface area contributed by atoms with Crippen LogP contribution in [0.3, 0.4) is 0 Å². The lowest BCUT2D eigenvalue weighted by molar-refractivity contribution is -0.113. The first-order valence-electron chi connectivity index (χ1n) is 12.5. The zero-order valence-corrected chi connectivity index (χ0v) is 22.7. The molecule has 5 rings (SSSR count). The van der Waals surface area contributed by atoms with Crippen LogP contribution in [-0.2, 0) is 21.4 Å². The highest BCUT2D eigenvalue weighted by molar-refractivity contribution is 7.99. The predicted octanol–water partition coefficient (Wildman–Crippen LogP) is 4.80. The van der Waals surface area contributed by atoms with E-state index in [0.717, 1.165) is 30.4 Å². The minimum Gasteiger partial charge on any atom is -0.461 e. The van der Waals surface area contributed by atoms with E-state index in [0.29, 0.717) is 42.1 Å². The molecule has 1 fully saturated rings. The van der Waals surface area contributed by atoms with Crippen molar-refractivity contribution in [2.75, 3.05) is 24.2 Å². The fourth-order valence-electron chi connectivity index (χ4n) is 4.36. The average molecular weight is 552 g/mol. The lowest BCUT2D eigenvalue weighted by Gasteiger charge is -2.26. The van der Waals surface area contributed by atoms with E-state index < -0.39 is 10.0 Å². The number of carbonyl (C=O) groups excluding carboxylic acids is 1. The van der Waals surface area contributed by atoms with Crippen LogP contribution in [0, 0.1) is 6.92 Å². The minimum absolute atomic E-state index is 0.0770. The molecule has 0 radical (unpaired) electrons. The Morgan fingerprint density at radius 2 is 1.82 bits per heavy atom. The van der Waals surface area contributed by atoms with Gasteiger partial charge in [0.1, 0.15) is 0 Å². The summed E-state index contributed by atoms with van der Waals surface area (Å²) < 4.78 is 35.2. The molecule has 1 aliphatic heterocycles. The van der Waals surface area contributed by atoms with Gasteiger partial charge in [0.05, 0.1) is 23.5 Å². The van der Waals surface area contributed by atoms with Crippen molar-refractivity contribution in [1.29, 1.82) is 0 Å². The van der Waals surface area contributed by atoms with Gasteiger partial charge in [-0.2, -0.15) is 4.31 Å². The molecule has 198 valence electrons. The van der Waals surface area contributed by atoms with Crippen LogP contribution in [-0.4, -0.2) is 52.2 Å². The average Bonchev–Trinajstić information content (AvgIpc) is 3.60. The number of anilines is 1. The highest BCUT2D eigenvalue weighted by Gasteiger charge is 2.26. The predicted molar refractivity (Wildman–Crippen MR) is 146 cm³/mol. The number of amides is 1. The Morgan fingerprint density at radius 1 is 1.03 bits per heavy atom. The second-order valence-electron chi connectivity index (χ2n) is 9.13. The van der Waals surface area contributed by atoms with E-state index in [-0.39, 0.29) is 16.6 Å². The number of hydrogen-bond acceptors (Lipinski definition) is 7. The Morgan fingerprint density at radius 3 is 2.55 bits per heavy atom. The molecule has 4 aromatic rings. The van der Waals surface area contributed by atoms with Crippen molar-refractivity contribution in [2.45, 2.75) is 42.8 Å². The van der Waals surface area contributed by atoms with Crippen LogP contribution >= 0.6 is 11.8 Å². The van der Waals surface area contributed by atoms with Crippen LogP contribution in [0.4, 0.5) is 5.69 Å². The molecule has 38 heavy (non-hydrogen) atoms. The SMILES string of the molecule is Cc1ccc(S(=O)(=O)N2CCCCC2)cc1NC(=O)CSc1nnc(-c2ccco2)n1Cc1ccccc1. The van der Waals surface area contributed by atoms with Crippen molar-refractivity contribution in [1.82, 2.24) is 19.1 Å². The fourth-order valence-corrected chi connectivity index (χ4v) is 6.64. The van der Waals surface area contributed by atoms with E-state index in [1.807, 2.05) is 47.9 Å². The standard InChI is InChI=1S/C27H29N5O4S2/c1-20-12-13-22(38(34,35)31-14-6-3-7-15-31)17-23(20)28-25(33)19-37-27-30-29-26(24-11-8-16-36-24)32(27)18-21-9-4-2-5-10-21/h2,4-5,8-13,16-17H,3,6-7,14-15,18-19H2,1H3,(H,28,33). The number of thioether (sulfide) groups is 1. The van der Waals surface area contributed by atoms with Gasteiger partial charge in [-0.25, -0.2) is 8.42 Å². The summed E-state index contributed by atoms with van der Waals surface area (Å²) in [5.74, 6) is 0.980. The first-order chi connectivity index (χ1) is 18.4. The smallest absolute Gasteiger partial charge is 0.243 e. The molecule has 0 atom stereocenters. The summed E-state index contributed by atoms with van der Waals surface area (Å²) in [6, 6.07) is 18.4. The van der Waals surface area contributed by atoms with Gasteiger partial charge in [0.15, 0.2) is 10.9 Å². The highest BCUT2D eigenvalue weighted by Crippen LogP contribution is 2.28. The third-order valence-electron chi connectivity index (χ3n) is 6.41. The molecule has 0 unspecified atom stereocenters. The molecule has 2 aromatic heterocycles. The zero-order valence-electron chi connectivity index (χ0n) is 21.0.